The van der Waals surface area contributed by atoms with Gasteiger partial charge < -0.3 is 10.1 Å². The molecule has 2 N–H and O–H groups in total. The highest BCUT2D eigenvalue weighted by Crippen LogP contribution is 2.22. The number of rotatable bonds is 12. The van der Waals surface area contributed by atoms with Crippen molar-refractivity contribution in [2.24, 2.45) is 0 Å². The Balaban J connectivity index is 1.79. The Morgan fingerprint density at radius 3 is 2.27 bits per heavy atom. The van der Waals surface area contributed by atoms with Gasteiger partial charge in [-0.2, -0.15) is 0 Å². The summed E-state index contributed by atoms with van der Waals surface area (Å²) in [4.78, 5) is 26.5. The van der Waals surface area contributed by atoms with Crippen LogP contribution in [-0.4, -0.2) is 30.1 Å². The Labute approximate surface area is 198 Å². The van der Waals surface area contributed by atoms with Crippen LogP contribution in [0, 0.1) is 0 Å². The first-order valence-electron chi connectivity index (χ1n) is 12.4. The van der Waals surface area contributed by atoms with Crippen LogP contribution < -0.4 is 10.6 Å². The van der Waals surface area contributed by atoms with Crippen molar-refractivity contribution in [3.63, 3.8) is 0 Å². The van der Waals surface area contributed by atoms with E-state index in [0.29, 0.717) is 18.5 Å². The molecule has 1 saturated carbocycles. The van der Waals surface area contributed by atoms with Crippen LogP contribution in [0.4, 0.5) is 0 Å². The van der Waals surface area contributed by atoms with E-state index >= 15 is 0 Å². The van der Waals surface area contributed by atoms with Crippen LogP contribution in [0.3, 0.4) is 0 Å². The molecule has 0 saturated heterocycles. The first kappa shape index (κ1) is 25.0. The van der Waals surface area contributed by atoms with Crippen molar-refractivity contribution < 1.29 is 14.3 Å². The maximum absolute atomic E-state index is 13.7. The number of carbonyl (C=O) groups excluding carboxylic acids is 2. The van der Waals surface area contributed by atoms with Crippen LogP contribution >= 0.6 is 0 Å². The highest BCUT2D eigenvalue weighted by Gasteiger charge is 2.40. The van der Waals surface area contributed by atoms with Crippen molar-refractivity contribution in [1.29, 1.82) is 0 Å². The van der Waals surface area contributed by atoms with Gasteiger partial charge in [0.05, 0.1) is 5.56 Å². The van der Waals surface area contributed by atoms with Gasteiger partial charge in [-0.15, -0.1) is 0 Å². The van der Waals surface area contributed by atoms with Crippen LogP contribution in [0.2, 0.25) is 0 Å². The van der Waals surface area contributed by atoms with E-state index in [0.717, 1.165) is 50.5 Å². The van der Waals surface area contributed by atoms with Crippen molar-refractivity contribution in [3.8, 4) is 0 Å². The van der Waals surface area contributed by atoms with Gasteiger partial charge in [0.2, 0.25) is 5.91 Å². The molecule has 0 spiro atoms. The molecular weight excluding hydrogens is 412 g/mol. The van der Waals surface area contributed by atoms with Gasteiger partial charge in [0.15, 0.2) is 0 Å². The molecule has 1 amide bonds. The average Bonchev–Trinajstić information content (AvgIpc) is 2.87. The highest BCUT2D eigenvalue weighted by molar-refractivity contribution is 5.91. The maximum atomic E-state index is 13.7. The summed E-state index contributed by atoms with van der Waals surface area (Å²) in [5.41, 5.74) is 0.625. The van der Waals surface area contributed by atoms with E-state index in [4.69, 9.17) is 4.74 Å². The summed E-state index contributed by atoms with van der Waals surface area (Å²) in [6.07, 6.45) is 9.14. The van der Waals surface area contributed by atoms with E-state index in [1.165, 1.54) is 6.42 Å². The summed E-state index contributed by atoms with van der Waals surface area (Å²) in [7, 11) is 0. The van der Waals surface area contributed by atoms with E-state index < -0.39 is 11.5 Å². The quantitative estimate of drug-likeness (QED) is 0.336. The lowest BCUT2D eigenvalue weighted by Crippen LogP contribution is -2.61. The summed E-state index contributed by atoms with van der Waals surface area (Å²) >= 11 is 0. The molecule has 2 aromatic carbocycles. The fourth-order valence-corrected chi connectivity index (χ4v) is 4.43. The van der Waals surface area contributed by atoms with Crippen molar-refractivity contribution in [1.82, 2.24) is 10.6 Å². The predicted molar refractivity (Wildman–Crippen MR) is 132 cm³/mol. The Kier molecular flexibility index (Phi) is 9.95. The van der Waals surface area contributed by atoms with Gasteiger partial charge in [0.25, 0.3) is 0 Å². The molecule has 0 heterocycles. The van der Waals surface area contributed by atoms with Crippen LogP contribution in [0.5, 0.6) is 0 Å². The normalized spacial score (nSPS) is 16.0. The second-order valence-corrected chi connectivity index (χ2v) is 9.13. The molecule has 3 rings (SSSR count). The standard InChI is InChI=1S/C28H38N2O3/c1-2-3-13-20-28(29-21-23-14-7-4-8-15-23,27(32)30-25-18-11-6-12-19-25)22-33-26(31)24-16-9-5-10-17-24/h4-5,7-10,14-17,25,29H,2-3,6,11-13,18-22H2,1H3,(H,30,32). The molecule has 0 radical (unpaired) electrons. The summed E-state index contributed by atoms with van der Waals surface area (Å²) < 4.78 is 5.76. The number of esters is 1. The lowest BCUT2D eigenvalue weighted by molar-refractivity contribution is -0.131. The molecule has 1 fully saturated rings. The molecule has 33 heavy (non-hydrogen) atoms. The van der Waals surface area contributed by atoms with Crippen molar-refractivity contribution in [2.45, 2.75) is 82.8 Å². The van der Waals surface area contributed by atoms with Gasteiger partial charge in [-0.05, 0) is 37.0 Å². The minimum absolute atomic E-state index is 0.00975. The molecule has 1 unspecified atom stereocenters. The molecule has 0 aliphatic heterocycles. The van der Waals surface area contributed by atoms with Crippen LogP contribution in [0.25, 0.3) is 0 Å². The highest BCUT2D eigenvalue weighted by atomic mass is 16.5. The third-order valence-corrected chi connectivity index (χ3v) is 6.52. The molecule has 178 valence electrons. The first-order valence-corrected chi connectivity index (χ1v) is 12.4. The molecule has 1 aliphatic rings. The van der Waals surface area contributed by atoms with Gasteiger partial charge in [-0.1, -0.05) is 94.0 Å². The minimum atomic E-state index is -0.965. The lowest BCUT2D eigenvalue weighted by atomic mass is 9.89. The van der Waals surface area contributed by atoms with Gasteiger partial charge >= 0.3 is 5.97 Å². The molecule has 1 aliphatic carbocycles. The molecule has 1 atom stereocenters. The first-order chi connectivity index (χ1) is 16.1. The monoisotopic (exact) mass is 450 g/mol. The summed E-state index contributed by atoms with van der Waals surface area (Å²) in [6.45, 7) is 2.69. The number of nitrogens with one attached hydrogen (secondary N) is 2. The van der Waals surface area contributed by atoms with E-state index in [1.54, 1.807) is 12.1 Å². The van der Waals surface area contributed by atoms with E-state index in [-0.39, 0.29) is 18.6 Å². The zero-order valence-corrected chi connectivity index (χ0v) is 19.9. The van der Waals surface area contributed by atoms with Gasteiger partial charge in [0, 0.05) is 12.6 Å². The number of unbranched alkanes of at least 4 members (excludes halogenated alkanes) is 2. The average molecular weight is 451 g/mol. The number of hydrogen-bond acceptors (Lipinski definition) is 4. The SMILES string of the molecule is CCCCCC(COC(=O)c1ccccc1)(NCc1ccccc1)C(=O)NC1CCCCC1. The van der Waals surface area contributed by atoms with E-state index in [1.807, 2.05) is 48.5 Å². The molecule has 2 aromatic rings. The molecule has 0 aromatic heterocycles. The lowest BCUT2D eigenvalue weighted by Gasteiger charge is -2.35. The zero-order valence-electron chi connectivity index (χ0n) is 19.9. The topological polar surface area (TPSA) is 67.4 Å². The van der Waals surface area contributed by atoms with Crippen LogP contribution in [0.15, 0.2) is 60.7 Å². The number of ether oxygens (including phenoxy) is 1. The van der Waals surface area contributed by atoms with E-state index in [9.17, 15) is 9.59 Å². The third kappa shape index (κ3) is 7.71. The maximum Gasteiger partial charge on any atom is 0.338 e. The summed E-state index contributed by atoms with van der Waals surface area (Å²) in [5.74, 6) is -0.454. The Morgan fingerprint density at radius 1 is 0.939 bits per heavy atom. The molecular formula is C28H38N2O3. The van der Waals surface area contributed by atoms with Crippen LogP contribution in [-0.2, 0) is 16.1 Å². The van der Waals surface area contributed by atoms with Crippen LogP contribution in [0.1, 0.15) is 80.6 Å². The minimum Gasteiger partial charge on any atom is -0.460 e. The van der Waals surface area contributed by atoms with Gasteiger partial charge in [0.1, 0.15) is 12.1 Å². The number of hydrogen-bond donors (Lipinski definition) is 2. The number of amides is 1. The van der Waals surface area contributed by atoms with Gasteiger partial charge in [-0.3, -0.25) is 10.1 Å². The smallest absolute Gasteiger partial charge is 0.338 e. The fourth-order valence-electron chi connectivity index (χ4n) is 4.43. The molecule has 5 heteroatoms. The van der Waals surface area contributed by atoms with Crippen molar-refractivity contribution in [3.05, 3.63) is 71.8 Å². The molecule has 5 nitrogen and oxygen atoms in total. The number of benzene rings is 2. The second kappa shape index (κ2) is 13.1. The van der Waals surface area contributed by atoms with E-state index in [2.05, 4.69) is 17.6 Å². The Bertz CT molecular complexity index is 850. The Morgan fingerprint density at radius 2 is 1.61 bits per heavy atom. The fraction of sp³-hybridized carbons (Fsp3) is 0.500. The third-order valence-electron chi connectivity index (χ3n) is 6.52. The van der Waals surface area contributed by atoms with Crippen molar-refractivity contribution in [2.75, 3.05) is 6.61 Å². The van der Waals surface area contributed by atoms with Gasteiger partial charge in [-0.25, -0.2) is 4.79 Å². The largest absolute Gasteiger partial charge is 0.460 e. The number of carbonyl (C=O) groups is 2. The zero-order chi connectivity index (χ0) is 23.4. The second-order valence-electron chi connectivity index (χ2n) is 9.13. The predicted octanol–water partition coefficient (Wildman–Crippen LogP) is 5.40. The summed E-state index contributed by atoms with van der Waals surface area (Å²) in [5, 5.41) is 6.81. The molecule has 0 bridgehead atoms. The Hall–Kier alpha value is -2.66. The van der Waals surface area contributed by atoms with Crippen molar-refractivity contribution >= 4 is 11.9 Å². The summed E-state index contributed by atoms with van der Waals surface area (Å²) in [6, 6.07) is 19.2.